The molecule has 0 bridgehead atoms. The van der Waals surface area contributed by atoms with E-state index < -0.39 is 0 Å². The lowest BCUT2D eigenvalue weighted by Crippen LogP contribution is -2.36. The van der Waals surface area contributed by atoms with Gasteiger partial charge in [0.25, 0.3) is 0 Å². The van der Waals surface area contributed by atoms with Crippen molar-refractivity contribution in [1.29, 1.82) is 0 Å². The standard InChI is InChI=1S/C15H22Br2N2O/c1-2-19-5-3-11(4-6-19)9-18-10-12-7-13(16)15(20)14(17)8-12/h7-8,11,18,20H,2-6,9-10H2,1H3. The van der Waals surface area contributed by atoms with Crippen molar-refractivity contribution in [2.24, 2.45) is 5.92 Å². The molecule has 1 aliphatic heterocycles. The van der Waals surface area contributed by atoms with Gasteiger partial charge in [-0.2, -0.15) is 0 Å². The third-order valence-electron chi connectivity index (χ3n) is 3.99. The number of hydrogen-bond donors (Lipinski definition) is 2. The monoisotopic (exact) mass is 404 g/mol. The number of piperidine rings is 1. The van der Waals surface area contributed by atoms with E-state index in [-0.39, 0.29) is 5.75 Å². The molecule has 1 saturated heterocycles. The van der Waals surface area contributed by atoms with Crippen molar-refractivity contribution >= 4 is 31.9 Å². The molecule has 1 aromatic carbocycles. The molecule has 0 radical (unpaired) electrons. The quantitative estimate of drug-likeness (QED) is 0.783. The van der Waals surface area contributed by atoms with Gasteiger partial charge >= 0.3 is 0 Å². The molecule has 3 nitrogen and oxygen atoms in total. The molecule has 0 atom stereocenters. The molecule has 0 amide bonds. The highest BCUT2D eigenvalue weighted by Crippen LogP contribution is 2.33. The minimum absolute atomic E-state index is 0.265. The number of rotatable bonds is 5. The van der Waals surface area contributed by atoms with E-state index >= 15 is 0 Å². The van der Waals surface area contributed by atoms with Crippen molar-refractivity contribution in [3.05, 3.63) is 26.6 Å². The van der Waals surface area contributed by atoms with Crippen molar-refractivity contribution < 1.29 is 5.11 Å². The lowest BCUT2D eigenvalue weighted by atomic mass is 9.97. The van der Waals surface area contributed by atoms with E-state index in [0.29, 0.717) is 0 Å². The molecule has 20 heavy (non-hydrogen) atoms. The Kier molecular flexibility index (Phi) is 6.33. The van der Waals surface area contributed by atoms with Gasteiger partial charge in [0.05, 0.1) is 8.95 Å². The summed E-state index contributed by atoms with van der Waals surface area (Å²) in [5.74, 6) is 1.06. The van der Waals surface area contributed by atoms with Gasteiger partial charge in [-0.25, -0.2) is 0 Å². The molecule has 1 aromatic rings. The second-order valence-corrected chi connectivity index (χ2v) is 7.13. The Balaban J connectivity index is 1.76. The zero-order chi connectivity index (χ0) is 14.5. The smallest absolute Gasteiger partial charge is 0.143 e. The number of nitrogens with zero attached hydrogens (tertiary/aromatic N) is 1. The molecule has 2 N–H and O–H groups in total. The largest absolute Gasteiger partial charge is 0.506 e. The number of phenols is 1. The maximum absolute atomic E-state index is 9.69. The molecule has 0 saturated carbocycles. The Morgan fingerprint density at radius 2 is 1.85 bits per heavy atom. The summed E-state index contributed by atoms with van der Waals surface area (Å²) in [6, 6.07) is 3.93. The molecular formula is C15H22Br2N2O. The molecule has 0 unspecified atom stereocenters. The Labute approximate surface area is 138 Å². The molecule has 0 aromatic heterocycles. The van der Waals surface area contributed by atoms with Crippen LogP contribution in [0.25, 0.3) is 0 Å². The Morgan fingerprint density at radius 3 is 2.40 bits per heavy atom. The van der Waals surface area contributed by atoms with E-state index in [2.05, 4.69) is 49.0 Å². The zero-order valence-corrected chi connectivity index (χ0v) is 15.0. The molecular weight excluding hydrogens is 384 g/mol. The van der Waals surface area contributed by atoms with Crippen LogP contribution in [0.3, 0.4) is 0 Å². The highest BCUT2D eigenvalue weighted by atomic mass is 79.9. The third kappa shape index (κ3) is 4.45. The molecule has 1 heterocycles. The average molecular weight is 406 g/mol. The van der Waals surface area contributed by atoms with Gasteiger partial charge in [0.2, 0.25) is 0 Å². The van der Waals surface area contributed by atoms with Crippen LogP contribution in [0.15, 0.2) is 21.1 Å². The second-order valence-electron chi connectivity index (χ2n) is 5.42. The summed E-state index contributed by atoms with van der Waals surface area (Å²) < 4.78 is 1.47. The van der Waals surface area contributed by atoms with Crippen LogP contribution in [0, 0.1) is 5.92 Å². The van der Waals surface area contributed by atoms with Crippen LogP contribution >= 0.6 is 31.9 Å². The highest BCUT2D eigenvalue weighted by Gasteiger charge is 2.17. The fourth-order valence-electron chi connectivity index (χ4n) is 2.65. The summed E-state index contributed by atoms with van der Waals surface area (Å²) in [5, 5.41) is 13.2. The summed E-state index contributed by atoms with van der Waals surface area (Å²) in [7, 11) is 0. The van der Waals surface area contributed by atoms with E-state index in [9.17, 15) is 5.11 Å². The maximum Gasteiger partial charge on any atom is 0.143 e. The number of phenolic OH excluding ortho intramolecular Hbond substituents is 1. The van der Waals surface area contributed by atoms with E-state index in [1.807, 2.05) is 12.1 Å². The van der Waals surface area contributed by atoms with Crippen LogP contribution in [0.1, 0.15) is 25.3 Å². The Morgan fingerprint density at radius 1 is 1.25 bits per heavy atom. The first kappa shape index (κ1) is 16.3. The van der Waals surface area contributed by atoms with Crippen molar-refractivity contribution in [2.45, 2.75) is 26.3 Å². The van der Waals surface area contributed by atoms with Gasteiger partial charge in [-0.1, -0.05) is 6.92 Å². The van der Waals surface area contributed by atoms with Crippen molar-refractivity contribution in [2.75, 3.05) is 26.2 Å². The van der Waals surface area contributed by atoms with E-state index in [0.717, 1.165) is 28.0 Å². The first-order valence-corrected chi connectivity index (χ1v) is 8.78. The first-order valence-electron chi connectivity index (χ1n) is 7.20. The lowest BCUT2D eigenvalue weighted by Gasteiger charge is -2.31. The predicted octanol–water partition coefficient (Wildman–Crippen LogP) is 3.74. The fraction of sp³-hybridized carbons (Fsp3) is 0.600. The second kappa shape index (κ2) is 7.78. The lowest BCUT2D eigenvalue weighted by molar-refractivity contribution is 0.190. The molecule has 1 aliphatic rings. The zero-order valence-electron chi connectivity index (χ0n) is 11.8. The normalized spacial score (nSPS) is 17.6. The number of likely N-dealkylation sites (tertiary alicyclic amines) is 1. The van der Waals surface area contributed by atoms with Gasteiger partial charge in [0.1, 0.15) is 5.75 Å². The fourth-order valence-corrected chi connectivity index (χ4v) is 3.93. The van der Waals surface area contributed by atoms with Crippen LogP contribution in [0.2, 0.25) is 0 Å². The van der Waals surface area contributed by atoms with Crippen molar-refractivity contribution in [1.82, 2.24) is 10.2 Å². The Hall–Kier alpha value is -0.100. The van der Waals surface area contributed by atoms with Gasteiger partial charge < -0.3 is 15.3 Å². The summed E-state index contributed by atoms with van der Waals surface area (Å²) in [4.78, 5) is 2.52. The van der Waals surface area contributed by atoms with Crippen LogP contribution in [-0.4, -0.2) is 36.2 Å². The third-order valence-corrected chi connectivity index (χ3v) is 5.20. The summed E-state index contributed by atoms with van der Waals surface area (Å²) >= 11 is 6.73. The molecule has 0 aliphatic carbocycles. The van der Waals surface area contributed by atoms with Gasteiger partial charge in [-0.05, 0) is 94.5 Å². The number of benzene rings is 1. The number of nitrogens with one attached hydrogen (secondary N) is 1. The number of halogens is 2. The van der Waals surface area contributed by atoms with Crippen LogP contribution in [0.5, 0.6) is 5.75 Å². The minimum Gasteiger partial charge on any atom is -0.506 e. The van der Waals surface area contributed by atoms with Gasteiger partial charge in [0.15, 0.2) is 0 Å². The summed E-state index contributed by atoms with van der Waals surface area (Å²) in [5.41, 5.74) is 1.17. The van der Waals surface area contributed by atoms with Gasteiger partial charge in [-0.15, -0.1) is 0 Å². The van der Waals surface area contributed by atoms with Crippen LogP contribution in [0.4, 0.5) is 0 Å². The van der Waals surface area contributed by atoms with E-state index in [1.165, 1.54) is 38.0 Å². The van der Waals surface area contributed by atoms with Gasteiger partial charge in [0, 0.05) is 6.54 Å². The maximum atomic E-state index is 9.69. The van der Waals surface area contributed by atoms with Crippen molar-refractivity contribution in [3.8, 4) is 5.75 Å². The Bertz CT molecular complexity index is 422. The SMILES string of the molecule is CCN1CCC(CNCc2cc(Br)c(O)c(Br)c2)CC1. The number of hydrogen-bond acceptors (Lipinski definition) is 3. The minimum atomic E-state index is 0.265. The molecule has 5 heteroatoms. The predicted molar refractivity (Wildman–Crippen MR) is 90.1 cm³/mol. The summed E-state index contributed by atoms with van der Waals surface area (Å²) in [6.07, 6.45) is 2.59. The molecule has 2 rings (SSSR count). The topological polar surface area (TPSA) is 35.5 Å². The van der Waals surface area contributed by atoms with Crippen molar-refractivity contribution in [3.63, 3.8) is 0 Å². The van der Waals surface area contributed by atoms with E-state index in [4.69, 9.17) is 0 Å². The van der Waals surface area contributed by atoms with Crippen LogP contribution in [-0.2, 0) is 6.54 Å². The first-order chi connectivity index (χ1) is 9.60. The molecule has 112 valence electrons. The average Bonchev–Trinajstić information content (AvgIpc) is 2.45. The molecule has 1 fully saturated rings. The number of aromatic hydroxyl groups is 1. The highest BCUT2D eigenvalue weighted by molar-refractivity contribution is 9.11. The molecule has 0 spiro atoms. The van der Waals surface area contributed by atoms with Crippen LogP contribution < -0.4 is 5.32 Å². The van der Waals surface area contributed by atoms with E-state index in [1.54, 1.807) is 0 Å². The summed E-state index contributed by atoms with van der Waals surface area (Å²) in [6.45, 7) is 7.80. The van der Waals surface area contributed by atoms with Gasteiger partial charge in [-0.3, -0.25) is 0 Å².